The number of hydrogen-bond donors (Lipinski definition) is 1. The number of nitrogens with zero attached hydrogens (tertiary/aromatic N) is 4. The molecule has 2 rings (SSSR count). The first-order valence-corrected chi connectivity index (χ1v) is 8.17. The number of aliphatic hydroxyl groups excluding tert-OH is 1. The van der Waals surface area contributed by atoms with Crippen LogP contribution in [0.3, 0.4) is 0 Å². The van der Waals surface area contributed by atoms with Gasteiger partial charge in [0.05, 0.1) is 12.3 Å². The summed E-state index contributed by atoms with van der Waals surface area (Å²) in [7, 11) is 1.94. The van der Waals surface area contributed by atoms with Crippen LogP contribution in [0.25, 0.3) is 0 Å². The minimum atomic E-state index is -0.268. The molecule has 1 atom stereocenters. The first-order chi connectivity index (χ1) is 10.1. The number of likely N-dealkylation sites (tertiary alicyclic amines) is 1. The van der Waals surface area contributed by atoms with Crippen molar-refractivity contribution in [1.82, 2.24) is 19.6 Å². The van der Waals surface area contributed by atoms with Crippen molar-refractivity contribution in [1.29, 1.82) is 0 Å². The van der Waals surface area contributed by atoms with Crippen molar-refractivity contribution in [3.63, 3.8) is 0 Å². The van der Waals surface area contributed by atoms with Crippen LogP contribution >= 0.6 is 0 Å². The molecule has 0 bridgehead atoms. The topological polar surface area (TPSA) is 44.5 Å². The Morgan fingerprint density at radius 1 is 1.43 bits per heavy atom. The summed E-state index contributed by atoms with van der Waals surface area (Å²) in [6.45, 7) is 10.1. The molecule has 0 spiro atoms. The van der Waals surface area contributed by atoms with E-state index in [4.69, 9.17) is 0 Å². The quantitative estimate of drug-likeness (QED) is 0.824. The summed E-state index contributed by atoms with van der Waals surface area (Å²) in [5, 5.41) is 14.6. The number of rotatable bonds is 7. The van der Waals surface area contributed by atoms with Gasteiger partial charge in [-0.3, -0.25) is 9.58 Å². The third-order valence-electron chi connectivity index (χ3n) is 4.43. The van der Waals surface area contributed by atoms with Gasteiger partial charge >= 0.3 is 0 Å². The van der Waals surface area contributed by atoms with E-state index in [-0.39, 0.29) is 6.10 Å². The monoisotopic (exact) mass is 294 g/mol. The van der Waals surface area contributed by atoms with E-state index in [0.29, 0.717) is 0 Å². The fourth-order valence-electron chi connectivity index (χ4n) is 3.02. The highest BCUT2D eigenvalue weighted by molar-refractivity contribution is 5.03. The van der Waals surface area contributed by atoms with Crippen molar-refractivity contribution >= 4 is 0 Å². The van der Waals surface area contributed by atoms with Crippen LogP contribution in [0.2, 0.25) is 0 Å². The van der Waals surface area contributed by atoms with Crippen LogP contribution < -0.4 is 0 Å². The van der Waals surface area contributed by atoms with E-state index in [1.54, 1.807) is 0 Å². The van der Waals surface area contributed by atoms with Crippen LogP contribution in [0.4, 0.5) is 0 Å². The Bertz CT molecular complexity index is 412. The number of piperidine rings is 1. The molecule has 21 heavy (non-hydrogen) atoms. The van der Waals surface area contributed by atoms with Crippen LogP contribution in [0.15, 0.2) is 12.4 Å². The summed E-state index contributed by atoms with van der Waals surface area (Å²) in [6, 6.07) is 0. The number of aryl methyl sites for hydroxylation is 1. The minimum absolute atomic E-state index is 0.268. The van der Waals surface area contributed by atoms with Crippen molar-refractivity contribution < 1.29 is 5.11 Å². The molecule has 120 valence electrons. The van der Waals surface area contributed by atoms with Gasteiger partial charge in [-0.25, -0.2) is 0 Å². The van der Waals surface area contributed by atoms with Gasteiger partial charge in [0.2, 0.25) is 0 Å². The molecule has 1 saturated heterocycles. The molecule has 1 aromatic heterocycles. The average Bonchev–Trinajstić information content (AvgIpc) is 2.86. The Hall–Kier alpha value is -0.910. The van der Waals surface area contributed by atoms with Crippen LogP contribution in [0, 0.1) is 5.92 Å². The normalized spacial score (nSPS) is 19.3. The smallest absolute Gasteiger partial charge is 0.0793 e. The second kappa shape index (κ2) is 7.92. The zero-order valence-electron chi connectivity index (χ0n) is 13.7. The van der Waals surface area contributed by atoms with E-state index in [1.807, 2.05) is 24.1 Å². The fourth-order valence-corrected chi connectivity index (χ4v) is 3.02. The van der Waals surface area contributed by atoms with Gasteiger partial charge < -0.3 is 10.0 Å². The summed E-state index contributed by atoms with van der Waals surface area (Å²) in [5.74, 6) is 0.844. The van der Waals surface area contributed by atoms with Gasteiger partial charge in [-0.15, -0.1) is 0 Å². The summed E-state index contributed by atoms with van der Waals surface area (Å²) in [5.41, 5.74) is 1.21. The van der Waals surface area contributed by atoms with E-state index in [9.17, 15) is 5.11 Å². The van der Waals surface area contributed by atoms with Crippen molar-refractivity contribution in [2.75, 3.05) is 32.7 Å². The number of β-amino-alcohol motifs (C(OH)–C–C–N with tert-alkyl or cyclic N) is 1. The lowest BCUT2D eigenvalue weighted by molar-refractivity contribution is 0.0606. The first-order valence-electron chi connectivity index (χ1n) is 8.17. The second-order valence-electron chi connectivity index (χ2n) is 6.49. The van der Waals surface area contributed by atoms with Gasteiger partial charge in [0, 0.05) is 38.4 Å². The molecular formula is C16H30N4O. The number of likely N-dealkylation sites (N-methyl/N-ethyl adjacent to an activating group) is 1. The maximum absolute atomic E-state index is 10.3. The first kappa shape index (κ1) is 16.5. The molecule has 1 aromatic rings. The lowest BCUT2D eigenvalue weighted by atomic mass is 9.99. The Balaban J connectivity index is 1.75. The third-order valence-corrected chi connectivity index (χ3v) is 4.43. The number of aliphatic hydroxyl groups is 1. The van der Waals surface area contributed by atoms with Crippen LogP contribution in [-0.4, -0.2) is 63.5 Å². The Labute approximate surface area is 128 Å². The molecule has 1 N–H and O–H groups in total. The summed E-state index contributed by atoms with van der Waals surface area (Å²) < 4.78 is 1.83. The lowest BCUT2D eigenvalue weighted by Gasteiger charge is -2.33. The molecule has 1 aliphatic heterocycles. The maximum Gasteiger partial charge on any atom is 0.0793 e. The van der Waals surface area contributed by atoms with Crippen molar-refractivity contribution in [2.24, 2.45) is 13.0 Å². The maximum atomic E-state index is 10.3. The van der Waals surface area contributed by atoms with Gasteiger partial charge in [0.25, 0.3) is 0 Å². The Kier molecular flexibility index (Phi) is 6.21. The molecule has 0 aliphatic carbocycles. The molecule has 1 aliphatic rings. The molecule has 1 fully saturated rings. The van der Waals surface area contributed by atoms with E-state index in [2.05, 4.69) is 28.7 Å². The Morgan fingerprint density at radius 2 is 2.14 bits per heavy atom. The largest absolute Gasteiger partial charge is 0.390 e. The standard InChI is InChI=1S/C16H30N4O/c1-4-19(11-15-9-17-18(3)10-15)12-16(21)13-20-7-5-14(2)6-8-20/h9-10,14,16,21H,4-8,11-13H2,1-3H3. The van der Waals surface area contributed by atoms with Gasteiger partial charge in [0.15, 0.2) is 0 Å². The third kappa shape index (κ3) is 5.41. The average molecular weight is 294 g/mol. The van der Waals surface area contributed by atoms with Crippen molar-refractivity contribution in [2.45, 2.75) is 39.3 Å². The number of hydrogen-bond acceptors (Lipinski definition) is 4. The molecule has 5 heteroatoms. The minimum Gasteiger partial charge on any atom is -0.390 e. The zero-order valence-corrected chi connectivity index (χ0v) is 13.7. The van der Waals surface area contributed by atoms with Crippen molar-refractivity contribution in [3.05, 3.63) is 18.0 Å². The molecule has 0 aromatic carbocycles. The van der Waals surface area contributed by atoms with Crippen LogP contribution in [0.1, 0.15) is 32.3 Å². The zero-order chi connectivity index (χ0) is 15.2. The molecule has 2 heterocycles. The highest BCUT2D eigenvalue weighted by Gasteiger charge is 2.19. The predicted octanol–water partition coefficient (Wildman–Crippen LogP) is 1.33. The van der Waals surface area contributed by atoms with E-state index in [1.165, 1.54) is 18.4 Å². The number of aromatic nitrogens is 2. The van der Waals surface area contributed by atoms with E-state index >= 15 is 0 Å². The molecule has 0 saturated carbocycles. The molecule has 0 radical (unpaired) electrons. The van der Waals surface area contributed by atoms with Gasteiger partial charge in [-0.1, -0.05) is 13.8 Å². The molecular weight excluding hydrogens is 264 g/mol. The molecule has 1 unspecified atom stereocenters. The molecule has 0 amide bonds. The van der Waals surface area contributed by atoms with E-state index < -0.39 is 0 Å². The van der Waals surface area contributed by atoms with Crippen LogP contribution in [0.5, 0.6) is 0 Å². The van der Waals surface area contributed by atoms with Crippen molar-refractivity contribution in [3.8, 4) is 0 Å². The Morgan fingerprint density at radius 3 is 2.71 bits per heavy atom. The van der Waals surface area contributed by atoms with Crippen LogP contribution in [-0.2, 0) is 13.6 Å². The molecule has 5 nitrogen and oxygen atoms in total. The second-order valence-corrected chi connectivity index (χ2v) is 6.49. The summed E-state index contributed by atoms with van der Waals surface area (Å²) in [4.78, 5) is 4.69. The van der Waals surface area contributed by atoms with Gasteiger partial charge in [0.1, 0.15) is 0 Å². The van der Waals surface area contributed by atoms with Gasteiger partial charge in [-0.05, 0) is 38.4 Å². The van der Waals surface area contributed by atoms with E-state index in [0.717, 1.165) is 45.2 Å². The summed E-state index contributed by atoms with van der Waals surface area (Å²) >= 11 is 0. The SMILES string of the molecule is CCN(Cc1cnn(C)c1)CC(O)CN1CCC(C)CC1. The fraction of sp³-hybridized carbons (Fsp3) is 0.812. The van der Waals surface area contributed by atoms with Gasteiger partial charge in [-0.2, -0.15) is 5.10 Å². The predicted molar refractivity (Wildman–Crippen MR) is 85.0 cm³/mol. The highest BCUT2D eigenvalue weighted by atomic mass is 16.3. The lowest BCUT2D eigenvalue weighted by Crippen LogP contribution is -2.42. The highest BCUT2D eigenvalue weighted by Crippen LogP contribution is 2.16. The summed E-state index contributed by atoms with van der Waals surface area (Å²) in [6.07, 6.45) is 6.21.